The SMILES string of the molecule is CCCCCNC(Cc1cccc(O)c1)C(=O)O. The number of rotatable bonds is 8. The van der Waals surface area contributed by atoms with Crippen molar-refractivity contribution < 1.29 is 15.0 Å². The highest BCUT2D eigenvalue weighted by molar-refractivity contribution is 5.73. The number of carbonyl (C=O) groups is 1. The summed E-state index contributed by atoms with van der Waals surface area (Å²) in [5, 5.41) is 21.5. The second-order valence-corrected chi connectivity index (χ2v) is 4.43. The van der Waals surface area contributed by atoms with Gasteiger partial charge in [0, 0.05) is 0 Å². The Labute approximate surface area is 108 Å². The monoisotopic (exact) mass is 251 g/mol. The average Bonchev–Trinajstić information content (AvgIpc) is 2.33. The molecule has 3 N–H and O–H groups in total. The summed E-state index contributed by atoms with van der Waals surface area (Å²) in [7, 11) is 0. The van der Waals surface area contributed by atoms with Gasteiger partial charge in [-0.15, -0.1) is 0 Å². The molecule has 0 bridgehead atoms. The summed E-state index contributed by atoms with van der Waals surface area (Å²) >= 11 is 0. The molecule has 0 spiro atoms. The van der Waals surface area contributed by atoms with E-state index in [0.29, 0.717) is 13.0 Å². The maximum Gasteiger partial charge on any atom is 0.321 e. The zero-order valence-corrected chi connectivity index (χ0v) is 10.7. The van der Waals surface area contributed by atoms with Crippen LogP contribution in [0, 0.1) is 0 Å². The van der Waals surface area contributed by atoms with Crippen LogP contribution in [0.2, 0.25) is 0 Å². The smallest absolute Gasteiger partial charge is 0.321 e. The first-order valence-corrected chi connectivity index (χ1v) is 6.37. The third-order valence-electron chi connectivity index (χ3n) is 2.82. The van der Waals surface area contributed by atoms with Crippen molar-refractivity contribution in [1.82, 2.24) is 5.32 Å². The zero-order chi connectivity index (χ0) is 13.4. The van der Waals surface area contributed by atoms with Crippen LogP contribution in [0.5, 0.6) is 5.75 Å². The topological polar surface area (TPSA) is 69.6 Å². The molecule has 18 heavy (non-hydrogen) atoms. The first-order valence-electron chi connectivity index (χ1n) is 6.37. The molecule has 0 fully saturated rings. The van der Waals surface area contributed by atoms with Crippen molar-refractivity contribution in [2.75, 3.05) is 6.54 Å². The summed E-state index contributed by atoms with van der Waals surface area (Å²) in [4.78, 5) is 11.1. The number of phenols is 1. The summed E-state index contributed by atoms with van der Waals surface area (Å²) in [6, 6.07) is 6.13. The summed E-state index contributed by atoms with van der Waals surface area (Å²) in [5.74, 6) is -0.683. The van der Waals surface area contributed by atoms with Gasteiger partial charge >= 0.3 is 5.97 Å². The Hall–Kier alpha value is -1.55. The highest BCUT2D eigenvalue weighted by Crippen LogP contribution is 2.12. The van der Waals surface area contributed by atoms with E-state index < -0.39 is 12.0 Å². The molecule has 0 saturated carbocycles. The predicted octanol–water partition coefficient (Wildman–Crippen LogP) is 2.17. The number of nitrogens with one attached hydrogen (secondary N) is 1. The van der Waals surface area contributed by atoms with Gasteiger partial charge in [0.15, 0.2) is 0 Å². The number of benzene rings is 1. The average molecular weight is 251 g/mol. The fourth-order valence-corrected chi connectivity index (χ4v) is 1.82. The number of aromatic hydroxyl groups is 1. The second-order valence-electron chi connectivity index (χ2n) is 4.43. The Balaban J connectivity index is 2.50. The van der Waals surface area contributed by atoms with Crippen molar-refractivity contribution in [1.29, 1.82) is 0 Å². The lowest BCUT2D eigenvalue weighted by molar-refractivity contribution is -0.139. The molecule has 0 radical (unpaired) electrons. The van der Waals surface area contributed by atoms with Crippen molar-refractivity contribution in [3.05, 3.63) is 29.8 Å². The summed E-state index contributed by atoms with van der Waals surface area (Å²) < 4.78 is 0. The second kappa shape index (κ2) is 7.71. The first-order chi connectivity index (χ1) is 8.63. The van der Waals surface area contributed by atoms with E-state index in [2.05, 4.69) is 12.2 Å². The Morgan fingerprint density at radius 2 is 2.17 bits per heavy atom. The van der Waals surface area contributed by atoms with Crippen molar-refractivity contribution in [2.45, 2.75) is 38.6 Å². The quantitative estimate of drug-likeness (QED) is 0.619. The molecule has 0 aromatic heterocycles. The van der Waals surface area contributed by atoms with E-state index in [4.69, 9.17) is 5.11 Å². The minimum atomic E-state index is -0.852. The fraction of sp³-hybridized carbons (Fsp3) is 0.500. The normalized spacial score (nSPS) is 12.3. The highest BCUT2D eigenvalue weighted by atomic mass is 16.4. The molecule has 4 heteroatoms. The van der Waals surface area contributed by atoms with Crippen molar-refractivity contribution in [3.8, 4) is 5.75 Å². The van der Waals surface area contributed by atoms with Crippen LogP contribution in [-0.4, -0.2) is 28.8 Å². The molecule has 0 aliphatic carbocycles. The van der Waals surface area contributed by atoms with Crippen LogP contribution in [-0.2, 0) is 11.2 Å². The highest BCUT2D eigenvalue weighted by Gasteiger charge is 2.16. The Bertz CT molecular complexity index is 379. The number of unbranched alkanes of at least 4 members (excludes halogenated alkanes) is 2. The summed E-state index contributed by atoms with van der Waals surface area (Å²) in [6.45, 7) is 2.82. The summed E-state index contributed by atoms with van der Waals surface area (Å²) in [6.07, 6.45) is 3.59. The van der Waals surface area contributed by atoms with E-state index in [1.54, 1.807) is 18.2 Å². The van der Waals surface area contributed by atoms with Crippen molar-refractivity contribution in [2.24, 2.45) is 0 Å². The molecule has 1 aromatic carbocycles. The standard InChI is InChI=1S/C14H21NO3/c1-2-3-4-8-15-13(14(17)18)10-11-6-5-7-12(16)9-11/h5-7,9,13,15-16H,2-4,8,10H2,1H3,(H,17,18). The molecule has 0 saturated heterocycles. The molecule has 0 aliphatic rings. The van der Waals surface area contributed by atoms with Gasteiger partial charge in [-0.1, -0.05) is 31.9 Å². The maximum absolute atomic E-state index is 11.1. The van der Waals surface area contributed by atoms with Crippen LogP contribution >= 0.6 is 0 Å². The predicted molar refractivity (Wildman–Crippen MR) is 70.8 cm³/mol. The van der Waals surface area contributed by atoms with Gasteiger partial charge in [0.2, 0.25) is 0 Å². The number of aliphatic carboxylic acids is 1. The number of phenolic OH excluding ortho intramolecular Hbond substituents is 1. The van der Waals surface area contributed by atoms with Crippen LogP contribution in [0.25, 0.3) is 0 Å². The molecule has 1 aromatic rings. The molecule has 0 heterocycles. The third-order valence-corrected chi connectivity index (χ3v) is 2.82. The fourth-order valence-electron chi connectivity index (χ4n) is 1.82. The van der Waals surface area contributed by atoms with Crippen LogP contribution in [0.3, 0.4) is 0 Å². The maximum atomic E-state index is 11.1. The van der Waals surface area contributed by atoms with E-state index in [-0.39, 0.29) is 5.75 Å². The van der Waals surface area contributed by atoms with Gasteiger partial charge in [0.1, 0.15) is 11.8 Å². The van der Waals surface area contributed by atoms with Gasteiger partial charge in [0.25, 0.3) is 0 Å². The van der Waals surface area contributed by atoms with E-state index in [1.807, 2.05) is 6.07 Å². The van der Waals surface area contributed by atoms with Gasteiger partial charge in [-0.05, 0) is 37.1 Å². The van der Waals surface area contributed by atoms with Crippen molar-refractivity contribution >= 4 is 5.97 Å². The Morgan fingerprint density at radius 3 is 2.78 bits per heavy atom. The molecule has 0 amide bonds. The Morgan fingerprint density at radius 1 is 1.39 bits per heavy atom. The molecule has 100 valence electrons. The number of carboxylic acid groups (broad SMARTS) is 1. The first kappa shape index (κ1) is 14.5. The lowest BCUT2D eigenvalue weighted by atomic mass is 10.1. The van der Waals surface area contributed by atoms with Gasteiger partial charge in [-0.2, -0.15) is 0 Å². The number of hydrogen-bond donors (Lipinski definition) is 3. The molecular formula is C14H21NO3. The minimum Gasteiger partial charge on any atom is -0.508 e. The minimum absolute atomic E-state index is 0.169. The molecule has 4 nitrogen and oxygen atoms in total. The lowest BCUT2D eigenvalue weighted by Gasteiger charge is -2.14. The van der Waals surface area contributed by atoms with E-state index >= 15 is 0 Å². The van der Waals surface area contributed by atoms with E-state index in [1.165, 1.54) is 0 Å². The lowest BCUT2D eigenvalue weighted by Crippen LogP contribution is -2.39. The molecular weight excluding hydrogens is 230 g/mol. The largest absolute Gasteiger partial charge is 0.508 e. The Kier molecular flexibility index (Phi) is 6.22. The van der Waals surface area contributed by atoms with Crippen LogP contribution in [0.15, 0.2) is 24.3 Å². The van der Waals surface area contributed by atoms with Crippen molar-refractivity contribution in [3.63, 3.8) is 0 Å². The zero-order valence-electron chi connectivity index (χ0n) is 10.7. The van der Waals surface area contributed by atoms with E-state index in [9.17, 15) is 9.90 Å². The molecule has 1 rings (SSSR count). The van der Waals surface area contributed by atoms with Gasteiger partial charge in [-0.25, -0.2) is 0 Å². The summed E-state index contributed by atoms with van der Waals surface area (Å²) in [5.41, 5.74) is 0.824. The van der Waals surface area contributed by atoms with Gasteiger partial charge in [-0.3, -0.25) is 4.79 Å². The van der Waals surface area contributed by atoms with Gasteiger partial charge in [0.05, 0.1) is 0 Å². The van der Waals surface area contributed by atoms with Crippen LogP contribution in [0.4, 0.5) is 0 Å². The van der Waals surface area contributed by atoms with Gasteiger partial charge < -0.3 is 15.5 Å². The number of carboxylic acids is 1. The number of hydrogen-bond acceptors (Lipinski definition) is 3. The third kappa shape index (κ3) is 5.19. The van der Waals surface area contributed by atoms with Crippen LogP contribution < -0.4 is 5.32 Å². The molecule has 1 unspecified atom stereocenters. The molecule has 1 atom stereocenters. The van der Waals surface area contributed by atoms with Crippen LogP contribution in [0.1, 0.15) is 31.7 Å². The molecule has 0 aliphatic heterocycles. The van der Waals surface area contributed by atoms with E-state index in [0.717, 1.165) is 24.8 Å².